The van der Waals surface area contributed by atoms with E-state index < -0.39 is 0 Å². The maximum Gasteiger partial charge on any atom is 0.126 e. The van der Waals surface area contributed by atoms with Gasteiger partial charge in [-0.3, -0.25) is 0 Å². The van der Waals surface area contributed by atoms with Gasteiger partial charge in [0.05, 0.1) is 0 Å². The average Bonchev–Trinajstić information content (AvgIpc) is 2.41. The maximum absolute atomic E-state index is 13.9. The molecule has 2 aromatic carbocycles. The molecule has 0 saturated carbocycles. The zero-order chi connectivity index (χ0) is 13.8. The SMILES string of the molecule is Cc1ccc(C)c(CC(CBr)c2ccccc2F)c1. The molecule has 0 aromatic heterocycles. The van der Waals surface area contributed by atoms with E-state index in [1.807, 2.05) is 12.1 Å². The Morgan fingerprint density at radius 2 is 1.84 bits per heavy atom. The van der Waals surface area contributed by atoms with Gasteiger partial charge < -0.3 is 0 Å². The molecule has 0 aliphatic carbocycles. The lowest BCUT2D eigenvalue weighted by atomic mass is 9.90. The van der Waals surface area contributed by atoms with Crippen LogP contribution in [0.4, 0.5) is 4.39 Å². The summed E-state index contributed by atoms with van der Waals surface area (Å²) >= 11 is 3.52. The Morgan fingerprint density at radius 3 is 2.53 bits per heavy atom. The Bertz CT molecular complexity index is 563. The smallest absolute Gasteiger partial charge is 0.126 e. The van der Waals surface area contributed by atoms with Crippen LogP contribution in [0.3, 0.4) is 0 Å². The van der Waals surface area contributed by atoms with Gasteiger partial charge in [0.15, 0.2) is 0 Å². The molecule has 1 unspecified atom stereocenters. The van der Waals surface area contributed by atoms with E-state index in [1.54, 1.807) is 6.07 Å². The van der Waals surface area contributed by atoms with E-state index in [0.29, 0.717) is 0 Å². The van der Waals surface area contributed by atoms with E-state index in [0.717, 1.165) is 17.3 Å². The third-order valence-electron chi connectivity index (χ3n) is 3.50. The second-order valence-corrected chi connectivity index (χ2v) is 5.65. The molecule has 0 heterocycles. The Hall–Kier alpha value is -1.15. The van der Waals surface area contributed by atoms with Crippen molar-refractivity contribution in [3.63, 3.8) is 0 Å². The third-order valence-corrected chi connectivity index (χ3v) is 4.28. The quantitative estimate of drug-likeness (QED) is 0.682. The first kappa shape index (κ1) is 14.3. The van der Waals surface area contributed by atoms with Crippen LogP contribution in [0.1, 0.15) is 28.2 Å². The van der Waals surface area contributed by atoms with Crippen LogP contribution in [-0.4, -0.2) is 5.33 Å². The molecule has 2 heteroatoms. The molecular formula is C17H18BrF. The maximum atomic E-state index is 13.9. The molecule has 2 aromatic rings. The van der Waals surface area contributed by atoms with E-state index in [2.05, 4.69) is 48.0 Å². The summed E-state index contributed by atoms with van der Waals surface area (Å²) in [5, 5.41) is 0.765. The number of hydrogen-bond acceptors (Lipinski definition) is 0. The van der Waals surface area contributed by atoms with E-state index in [1.165, 1.54) is 22.8 Å². The Kier molecular flexibility index (Phi) is 4.76. The molecule has 0 bridgehead atoms. The lowest BCUT2D eigenvalue weighted by Gasteiger charge is -2.17. The van der Waals surface area contributed by atoms with Crippen molar-refractivity contribution < 1.29 is 4.39 Å². The van der Waals surface area contributed by atoms with E-state index in [4.69, 9.17) is 0 Å². The highest BCUT2D eigenvalue weighted by molar-refractivity contribution is 9.09. The molecule has 2 rings (SSSR count). The number of rotatable bonds is 4. The zero-order valence-corrected chi connectivity index (χ0v) is 12.9. The van der Waals surface area contributed by atoms with Crippen molar-refractivity contribution in [1.82, 2.24) is 0 Å². The Labute approximate surface area is 122 Å². The van der Waals surface area contributed by atoms with Crippen LogP contribution >= 0.6 is 15.9 Å². The molecule has 0 radical (unpaired) electrons. The topological polar surface area (TPSA) is 0 Å². The van der Waals surface area contributed by atoms with Crippen LogP contribution in [0.2, 0.25) is 0 Å². The minimum Gasteiger partial charge on any atom is -0.207 e. The fourth-order valence-corrected chi connectivity index (χ4v) is 2.92. The Morgan fingerprint density at radius 1 is 1.11 bits per heavy atom. The summed E-state index contributed by atoms with van der Waals surface area (Å²) in [6.45, 7) is 4.20. The van der Waals surface area contributed by atoms with E-state index >= 15 is 0 Å². The minimum atomic E-state index is -0.114. The summed E-state index contributed by atoms with van der Waals surface area (Å²) in [7, 11) is 0. The predicted molar refractivity (Wildman–Crippen MR) is 82.6 cm³/mol. The minimum absolute atomic E-state index is 0.114. The van der Waals surface area contributed by atoms with Crippen LogP contribution in [0.15, 0.2) is 42.5 Å². The highest BCUT2D eigenvalue weighted by Crippen LogP contribution is 2.27. The third kappa shape index (κ3) is 3.44. The standard InChI is InChI=1S/C17H18BrF/c1-12-7-8-13(2)14(9-12)10-15(11-18)16-5-3-4-6-17(16)19/h3-9,15H,10-11H2,1-2H3. The van der Waals surface area contributed by atoms with Gasteiger partial charge in [-0.05, 0) is 43.0 Å². The second-order valence-electron chi connectivity index (χ2n) is 5.01. The van der Waals surface area contributed by atoms with Gasteiger partial charge in [0, 0.05) is 11.2 Å². The second kappa shape index (κ2) is 6.33. The number of halogens is 2. The fraction of sp³-hybridized carbons (Fsp3) is 0.294. The summed E-state index contributed by atoms with van der Waals surface area (Å²) in [6.07, 6.45) is 0.861. The fourth-order valence-electron chi connectivity index (χ4n) is 2.34. The zero-order valence-electron chi connectivity index (χ0n) is 11.3. The van der Waals surface area contributed by atoms with Crippen molar-refractivity contribution in [3.05, 3.63) is 70.5 Å². The lowest BCUT2D eigenvalue weighted by Crippen LogP contribution is -2.08. The summed E-state index contributed by atoms with van der Waals surface area (Å²) in [4.78, 5) is 0. The predicted octanol–water partition coefficient (Wildman–Crippen LogP) is 5.16. The van der Waals surface area contributed by atoms with Crippen molar-refractivity contribution in [2.75, 3.05) is 5.33 Å². The normalized spacial score (nSPS) is 12.4. The number of aryl methyl sites for hydroxylation is 2. The van der Waals surface area contributed by atoms with Gasteiger partial charge in [0.2, 0.25) is 0 Å². The molecule has 0 aliphatic heterocycles. The van der Waals surface area contributed by atoms with Crippen LogP contribution in [-0.2, 0) is 6.42 Å². The molecule has 0 nitrogen and oxygen atoms in total. The monoisotopic (exact) mass is 320 g/mol. The van der Waals surface area contributed by atoms with Crippen molar-refractivity contribution in [2.24, 2.45) is 0 Å². The molecule has 19 heavy (non-hydrogen) atoms. The van der Waals surface area contributed by atoms with Gasteiger partial charge in [0.1, 0.15) is 5.82 Å². The molecule has 0 saturated heterocycles. The summed E-state index contributed by atoms with van der Waals surface area (Å²) < 4.78 is 13.9. The Balaban J connectivity index is 2.29. The van der Waals surface area contributed by atoms with Crippen molar-refractivity contribution in [2.45, 2.75) is 26.2 Å². The highest BCUT2D eigenvalue weighted by Gasteiger charge is 2.15. The average molecular weight is 321 g/mol. The molecule has 100 valence electrons. The first-order chi connectivity index (χ1) is 9.11. The van der Waals surface area contributed by atoms with Gasteiger partial charge in [-0.15, -0.1) is 0 Å². The summed E-state index contributed by atoms with van der Waals surface area (Å²) in [5.74, 6) is 0.0546. The van der Waals surface area contributed by atoms with Crippen LogP contribution < -0.4 is 0 Å². The summed E-state index contributed by atoms with van der Waals surface area (Å²) in [5.41, 5.74) is 4.61. The number of alkyl halides is 1. The molecule has 1 atom stereocenters. The van der Waals surface area contributed by atoms with Gasteiger partial charge in [-0.2, -0.15) is 0 Å². The summed E-state index contributed by atoms with van der Waals surface area (Å²) in [6, 6.07) is 13.5. The van der Waals surface area contributed by atoms with Crippen molar-refractivity contribution >= 4 is 15.9 Å². The van der Waals surface area contributed by atoms with Crippen LogP contribution in [0, 0.1) is 19.7 Å². The molecule has 0 aliphatic rings. The van der Waals surface area contributed by atoms with Crippen LogP contribution in [0.5, 0.6) is 0 Å². The largest absolute Gasteiger partial charge is 0.207 e. The lowest BCUT2D eigenvalue weighted by molar-refractivity contribution is 0.590. The van der Waals surface area contributed by atoms with Gasteiger partial charge in [-0.1, -0.05) is 57.9 Å². The number of hydrogen-bond donors (Lipinski definition) is 0. The molecule has 0 N–H and O–H groups in total. The van der Waals surface area contributed by atoms with Gasteiger partial charge in [-0.25, -0.2) is 4.39 Å². The molecular weight excluding hydrogens is 303 g/mol. The first-order valence-electron chi connectivity index (χ1n) is 6.48. The number of benzene rings is 2. The van der Waals surface area contributed by atoms with E-state index in [-0.39, 0.29) is 11.7 Å². The molecule has 0 spiro atoms. The highest BCUT2D eigenvalue weighted by atomic mass is 79.9. The van der Waals surface area contributed by atoms with E-state index in [9.17, 15) is 4.39 Å². The molecule has 0 fully saturated rings. The van der Waals surface area contributed by atoms with Crippen molar-refractivity contribution in [1.29, 1.82) is 0 Å². The van der Waals surface area contributed by atoms with Gasteiger partial charge >= 0.3 is 0 Å². The molecule has 0 amide bonds. The first-order valence-corrected chi connectivity index (χ1v) is 7.60. The van der Waals surface area contributed by atoms with Gasteiger partial charge in [0.25, 0.3) is 0 Å². The van der Waals surface area contributed by atoms with Crippen LogP contribution in [0.25, 0.3) is 0 Å². The van der Waals surface area contributed by atoms with Crippen molar-refractivity contribution in [3.8, 4) is 0 Å².